The number of amides is 2. The fraction of sp³-hybridized carbons (Fsp3) is 0.471. The summed E-state index contributed by atoms with van der Waals surface area (Å²) in [5.74, 6) is -0.560. The van der Waals surface area contributed by atoms with Gasteiger partial charge in [-0.1, -0.05) is 0 Å². The van der Waals surface area contributed by atoms with E-state index in [0.717, 1.165) is 12.1 Å². The van der Waals surface area contributed by atoms with Crippen molar-refractivity contribution in [1.29, 1.82) is 5.26 Å². The Bertz CT molecular complexity index is 755. The van der Waals surface area contributed by atoms with Crippen molar-refractivity contribution < 1.29 is 22.8 Å². The Kier molecular flexibility index (Phi) is 5.44. The van der Waals surface area contributed by atoms with Crippen molar-refractivity contribution in [3.05, 3.63) is 29.3 Å². The zero-order valence-corrected chi connectivity index (χ0v) is 14.7. The number of hydrogen-bond donors (Lipinski definition) is 0. The van der Waals surface area contributed by atoms with Gasteiger partial charge in [0.1, 0.15) is 6.04 Å². The number of alkyl halides is 3. The highest BCUT2D eigenvalue weighted by molar-refractivity contribution is 5.87. The summed E-state index contributed by atoms with van der Waals surface area (Å²) in [6.45, 7) is 1.95. The second-order valence-electron chi connectivity index (χ2n) is 6.25. The van der Waals surface area contributed by atoms with Gasteiger partial charge in [-0.15, -0.1) is 0 Å². The first-order valence-electron chi connectivity index (χ1n) is 7.91. The number of benzene rings is 1. The fourth-order valence-electron chi connectivity index (χ4n) is 2.96. The molecule has 1 fully saturated rings. The van der Waals surface area contributed by atoms with Crippen LogP contribution >= 0.6 is 0 Å². The van der Waals surface area contributed by atoms with Crippen LogP contribution < -0.4 is 4.90 Å². The van der Waals surface area contributed by atoms with Gasteiger partial charge >= 0.3 is 6.18 Å². The van der Waals surface area contributed by atoms with E-state index in [1.807, 2.05) is 0 Å². The molecule has 0 radical (unpaired) electrons. The van der Waals surface area contributed by atoms with Crippen LogP contribution in [0.4, 0.5) is 18.9 Å². The lowest BCUT2D eigenvalue weighted by Gasteiger charge is -2.42. The number of hydrogen-bond acceptors (Lipinski definition) is 4. The van der Waals surface area contributed by atoms with E-state index in [0.29, 0.717) is 6.54 Å². The Morgan fingerprint density at radius 1 is 1.27 bits per heavy atom. The van der Waals surface area contributed by atoms with E-state index in [4.69, 9.17) is 5.26 Å². The second kappa shape index (κ2) is 7.23. The summed E-state index contributed by atoms with van der Waals surface area (Å²) in [5, 5.41) is 8.90. The first-order valence-corrected chi connectivity index (χ1v) is 7.91. The molecule has 0 saturated carbocycles. The third-order valence-corrected chi connectivity index (χ3v) is 4.30. The normalized spacial score (nSPS) is 17.7. The molecule has 26 heavy (non-hydrogen) atoms. The lowest BCUT2D eigenvalue weighted by atomic mass is 10.0. The summed E-state index contributed by atoms with van der Waals surface area (Å²) in [6.07, 6.45) is -4.65. The largest absolute Gasteiger partial charge is 0.417 e. The summed E-state index contributed by atoms with van der Waals surface area (Å²) >= 11 is 0. The maximum Gasteiger partial charge on any atom is 0.417 e. The van der Waals surface area contributed by atoms with Crippen LogP contribution in [0, 0.1) is 11.3 Å². The van der Waals surface area contributed by atoms with Gasteiger partial charge in [-0.2, -0.15) is 18.4 Å². The lowest BCUT2D eigenvalue weighted by molar-refractivity contribution is -0.143. The number of rotatable bonds is 2. The smallest absolute Gasteiger partial charge is 0.367 e. The Hall–Kier alpha value is -2.76. The van der Waals surface area contributed by atoms with E-state index < -0.39 is 23.3 Å². The summed E-state index contributed by atoms with van der Waals surface area (Å²) in [5.41, 5.74) is -1.21. The molecule has 0 aromatic heterocycles. The zero-order chi connectivity index (χ0) is 19.6. The maximum absolute atomic E-state index is 13.2. The molecule has 0 aliphatic carbocycles. The molecule has 2 amide bonds. The number of nitriles is 1. The van der Waals surface area contributed by atoms with E-state index in [-0.39, 0.29) is 30.6 Å². The molecule has 0 spiro atoms. The van der Waals surface area contributed by atoms with Crippen LogP contribution in [-0.4, -0.2) is 61.4 Å². The van der Waals surface area contributed by atoms with Crippen LogP contribution in [0.2, 0.25) is 0 Å². The van der Waals surface area contributed by atoms with E-state index in [9.17, 15) is 22.8 Å². The quantitative estimate of drug-likeness (QED) is 0.797. The number of nitrogens with zero attached hydrogens (tertiary/aromatic N) is 4. The number of halogens is 3. The van der Waals surface area contributed by atoms with Gasteiger partial charge in [-0.25, -0.2) is 0 Å². The maximum atomic E-state index is 13.2. The average molecular weight is 368 g/mol. The molecule has 2 rings (SSSR count). The standard InChI is InChI=1S/C17H19F3N4O2/c1-11(25)24-7-6-23(10-15(24)16(26)22(2)3)13-5-4-12(9-21)14(8-13)17(18,19)20/h4-5,8,15H,6-7,10H2,1-3H3. The third kappa shape index (κ3) is 3.90. The third-order valence-electron chi connectivity index (χ3n) is 4.30. The van der Waals surface area contributed by atoms with Gasteiger partial charge in [0.15, 0.2) is 0 Å². The molecule has 0 bridgehead atoms. The Morgan fingerprint density at radius 3 is 2.42 bits per heavy atom. The van der Waals surface area contributed by atoms with Gasteiger partial charge < -0.3 is 14.7 Å². The Labute approximate surface area is 149 Å². The highest BCUT2D eigenvalue weighted by atomic mass is 19.4. The highest BCUT2D eigenvalue weighted by Gasteiger charge is 2.37. The number of anilines is 1. The van der Waals surface area contributed by atoms with Crippen molar-refractivity contribution in [2.75, 3.05) is 38.6 Å². The van der Waals surface area contributed by atoms with Crippen LogP contribution in [0.1, 0.15) is 18.1 Å². The molecule has 1 aromatic rings. The van der Waals surface area contributed by atoms with Crippen molar-refractivity contribution in [1.82, 2.24) is 9.80 Å². The summed E-state index contributed by atoms with van der Waals surface area (Å²) < 4.78 is 39.5. The van der Waals surface area contributed by atoms with E-state index in [2.05, 4.69) is 0 Å². The van der Waals surface area contributed by atoms with Crippen LogP contribution in [0.25, 0.3) is 0 Å². The molecule has 1 aromatic carbocycles. The molecule has 1 saturated heterocycles. The van der Waals surface area contributed by atoms with Crippen LogP contribution in [0.5, 0.6) is 0 Å². The fourth-order valence-corrected chi connectivity index (χ4v) is 2.96. The summed E-state index contributed by atoms with van der Waals surface area (Å²) in [4.78, 5) is 28.6. The predicted molar refractivity (Wildman–Crippen MR) is 88.2 cm³/mol. The van der Waals surface area contributed by atoms with Gasteiger partial charge in [-0.05, 0) is 18.2 Å². The molecule has 1 unspecified atom stereocenters. The minimum absolute atomic E-state index is 0.0831. The van der Waals surface area contributed by atoms with Crippen molar-refractivity contribution in [3.63, 3.8) is 0 Å². The molecule has 0 N–H and O–H groups in total. The molecular weight excluding hydrogens is 349 g/mol. The summed E-state index contributed by atoms with van der Waals surface area (Å²) in [6, 6.07) is 4.23. The second-order valence-corrected chi connectivity index (χ2v) is 6.25. The van der Waals surface area contributed by atoms with E-state index in [1.54, 1.807) is 25.1 Å². The topological polar surface area (TPSA) is 67.6 Å². The van der Waals surface area contributed by atoms with Gasteiger partial charge in [-0.3, -0.25) is 9.59 Å². The average Bonchev–Trinajstić information content (AvgIpc) is 2.59. The molecule has 140 valence electrons. The van der Waals surface area contributed by atoms with E-state index in [1.165, 1.54) is 22.8 Å². The van der Waals surface area contributed by atoms with Crippen molar-refractivity contribution in [2.45, 2.75) is 19.1 Å². The molecule has 6 nitrogen and oxygen atoms in total. The van der Waals surface area contributed by atoms with Gasteiger partial charge in [0, 0.05) is 46.3 Å². The van der Waals surface area contributed by atoms with Crippen LogP contribution in [0.3, 0.4) is 0 Å². The predicted octanol–water partition coefficient (Wildman–Crippen LogP) is 1.70. The number of likely N-dealkylation sites (N-methyl/N-ethyl adjacent to an activating group) is 1. The SMILES string of the molecule is CC(=O)N1CCN(c2ccc(C#N)c(C(F)(F)F)c2)CC1C(=O)N(C)C. The highest BCUT2D eigenvalue weighted by Crippen LogP contribution is 2.35. The minimum Gasteiger partial charge on any atom is -0.367 e. The molecule has 1 heterocycles. The molecule has 9 heteroatoms. The lowest BCUT2D eigenvalue weighted by Crippen LogP contribution is -2.60. The van der Waals surface area contributed by atoms with Crippen LogP contribution in [0.15, 0.2) is 18.2 Å². The first kappa shape index (κ1) is 19.6. The Morgan fingerprint density at radius 2 is 1.92 bits per heavy atom. The zero-order valence-electron chi connectivity index (χ0n) is 14.7. The van der Waals surface area contributed by atoms with Gasteiger partial charge in [0.25, 0.3) is 0 Å². The summed E-state index contributed by atoms with van der Waals surface area (Å²) in [7, 11) is 3.12. The number of piperazine rings is 1. The molecule has 1 atom stereocenters. The molecule has 1 aliphatic rings. The van der Waals surface area contributed by atoms with Crippen molar-refractivity contribution >= 4 is 17.5 Å². The van der Waals surface area contributed by atoms with E-state index >= 15 is 0 Å². The van der Waals surface area contributed by atoms with Crippen molar-refractivity contribution in [2.24, 2.45) is 0 Å². The van der Waals surface area contributed by atoms with Crippen LogP contribution in [-0.2, 0) is 15.8 Å². The first-order chi connectivity index (χ1) is 12.1. The molecular formula is C17H19F3N4O2. The number of carbonyl (C=O) groups excluding carboxylic acids is 2. The minimum atomic E-state index is -4.65. The van der Waals surface area contributed by atoms with Crippen molar-refractivity contribution in [3.8, 4) is 6.07 Å². The van der Waals surface area contributed by atoms with Gasteiger partial charge in [0.05, 0.1) is 17.2 Å². The van der Waals surface area contributed by atoms with Gasteiger partial charge in [0.2, 0.25) is 11.8 Å². The molecule has 1 aliphatic heterocycles. The monoisotopic (exact) mass is 368 g/mol. The number of carbonyl (C=O) groups is 2. The Balaban J connectivity index is 2.37.